The molecule has 1 aromatic rings. The highest BCUT2D eigenvalue weighted by Crippen LogP contribution is 2.26. The minimum Gasteiger partial charge on any atom is -0.288 e. The Bertz CT molecular complexity index is 979. The van der Waals surface area contributed by atoms with Crippen molar-refractivity contribution in [1.29, 1.82) is 0 Å². The number of sulfonamides is 2. The standard InChI is InChI=1S/C15H19N3O6S2/c1-17(25(2,21)22)10-5-7-18(8-6-10)26(23,24)11-3-4-12-13(9-11)15(20)16-14(12)19/h3-4,9-10H,5-8H2,1-2H3,(H,16,19,20). The van der Waals surface area contributed by atoms with Crippen molar-refractivity contribution in [1.82, 2.24) is 13.9 Å². The second-order valence-corrected chi connectivity index (χ2v) is 10.4. The van der Waals surface area contributed by atoms with Crippen LogP contribution >= 0.6 is 0 Å². The van der Waals surface area contributed by atoms with E-state index in [-0.39, 0.29) is 35.2 Å². The van der Waals surface area contributed by atoms with Gasteiger partial charge in [0.15, 0.2) is 0 Å². The maximum absolute atomic E-state index is 12.8. The molecule has 2 amide bonds. The molecule has 1 fully saturated rings. The first-order valence-corrected chi connectivity index (χ1v) is 11.2. The first-order chi connectivity index (χ1) is 12.0. The van der Waals surface area contributed by atoms with Crippen LogP contribution in [0.4, 0.5) is 0 Å². The Morgan fingerprint density at radius 3 is 2.19 bits per heavy atom. The molecule has 0 spiro atoms. The van der Waals surface area contributed by atoms with Crippen LogP contribution in [0.1, 0.15) is 33.6 Å². The molecular weight excluding hydrogens is 382 g/mol. The van der Waals surface area contributed by atoms with E-state index in [1.807, 2.05) is 0 Å². The van der Waals surface area contributed by atoms with Crippen LogP contribution in [-0.4, -0.2) is 69.7 Å². The van der Waals surface area contributed by atoms with E-state index in [0.29, 0.717) is 12.8 Å². The van der Waals surface area contributed by atoms with E-state index in [9.17, 15) is 26.4 Å². The molecule has 2 heterocycles. The van der Waals surface area contributed by atoms with Gasteiger partial charge in [-0.1, -0.05) is 0 Å². The van der Waals surface area contributed by atoms with Crippen LogP contribution in [0.2, 0.25) is 0 Å². The molecule has 0 atom stereocenters. The lowest BCUT2D eigenvalue weighted by atomic mass is 10.1. The normalized spacial score (nSPS) is 19.7. The molecule has 0 unspecified atom stereocenters. The minimum absolute atomic E-state index is 0.0442. The number of carbonyl (C=O) groups excluding carboxylic acids is 2. The van der Waals surface area contributed by atoms with Crippen LogP contribution in [0.5, 0.6) is 0 Å². The number of hydrogen-bond donors (Lipinski definition) is 1. The number of imide groups is 1. The highest BCUT2D eigenvalue weighted by molar-refractivity contribution is 7.89. The molecule has 1 saturated heterocycles. The van der Waals surface area contributed by atoms with Crippen LogP contribution < -0.4 is 5.32 Å². The minimum atomic E-state index is -3.84. The van der Waals surface area contributed by atoms with Crippen molar-refractivity contribution >= 4 is 31.9 Å². The summed E-state index contributed by atoms with van der Waals surface area (Å²) in [5.41, 5.74) is 0.199. The first-order valence-electron chi connectivity index (χ1n) is 7.94. The largest absolute Gasteiger partial charge is 0.288 e. The van der Waals surface area contributed by atoms with Gasteiger partial charge in [-0.05, 0) is 31.0 Å². The summed E-state index contributed by atoms with van der Waals surface area (Å²) in [6.07, 6.45) is 1.88. The number of carbonyl (C=O) groups is 2. The van der Waals surface area contributed by atoms with Gasteiger partial charge in [-0.15, -0.1) is 0 Å². The van der Waals surface area contributed by atoms with Crippen molar-refractivity contribution in [2.75, 3.05) is 26.4 Å². The topological polar surface area (TPSA) is 121 Å². The molecule has 0 aliphatic carbocycles. The summed E-state index contributed by atoms with van der Waals surface area (Å²) in [4.78, 5) is 23.3. The van der Waals surface area contributed by atoms with E-state index in [1.54, 1.807) is 0 Å². The second-order valence-electron chi connectivity index (χ2n) is 6.41. The van der Waals surface area contributed by atoms with E-state index >= 15 is 0 Å². The Labute approximate surface area is 152 Å². The van der Waals surface area contributed by atoms with Crippen molar-refractivity contribution in [3.8, 4) is 0 Å². The van der Waals surface area contributed by atoms with Crippen LogP contribution in [0.3, 0.4) is 0 Å². The number of nitrogens with one attached hydrogen (secondary N) is 1. The molecule has 3 rings (SSSR count). The van der Waals surface area contributed by atoms with Crippen LogP contribution in [0.25, 0.3) is 0 Å². The predicted molar refractivity (Wildman–Crippen MR) is 92.6 cm³/mol. The zero-order valence-electron chi connectivity index (χ0n) is 14.3. The van der Waals surface area contributed by atoms with Crippen molar-refractivity contribution in [3.63, 3.8) is 0 Å². The van der Waals surface area contributed by atoms with Gasteiger partial charge >= 0.3 is 0 Å². The maximum Gasteiger partial charge on any atom is 0.258 e. The molecular formula is C15H19N3O6S2. The lowest BCUT2D eigenvalue weighted by molar-refractivity contribution is 0.0879. The fourth-order valence-electron chi connectivity index (χ4n) is 3.17. The van der Waals surface area contributed by atoms with Gasteiger partial charge < -0.3 is 0 Å². The third kappa shape index (κ3) is 3.27. The van der Waals surface area contributed by atoms with Gasteiger partial charge in [0, 0.05) is 26.2 Å². The molecule has 1 N–H and O–H groups in total. The number of rotatable bonds is 4. The highest BCUT2D eigenvalue weighted by atomic mass is 32.2. The molecule has 0 aromatic heterocycles. The average molecular weight is 401 g/mol. The zero-order valence-corrected chi connectivity index (χ0v) is 15.9. The van der Waals surface area contributed by atoms with Gasteiger partial charge in [0.2, 0.25) is 20.0 Å². The van der Waals surface area contributed by atoms with E-state index < -0.39 is 31.9 Å². The van der Waals surface area contributed by atoms with Crippen molar-refractivity contribution < 1.29 is 26.4 Å². The summed E-state index contributed by atoms with van der Waals surface area (Å²) in [5, 5.41) is 2.12. The fraction of sp³-hybridized carbons (Fsp3) is 0.467. The molecule has 142 valence electrons. The number of nitrogens with zero attached hydrogens (tertiary/aromatic N) is 2. The molecule has 0 saturated carbocycles. The fourth-order valence-corrected chi connectivity index (χ4v) is 5.42. The maximum atomic E-state index is 12.8. The highest BCUT2D eigenvalue weighted by Gasteiger charge is 2.35. The van der Waals surface area contributed by atoms with Crippen LogP contribution in [-0.2, 0) is 20.0 Å². The Hall–Kier alpha value is -1.82. The van der Waals surface area contributed by atoms with Gasteiger partial charge in [0.25, 0.3) is 11.8 Å². The summed E-state index contributed by atoms with van der Waals surface area (Å²) < 4.78 is 51.4. The molecule has 2 aliphatic rings. The summed E-state index contributed by atoms with van der Waals surface area (Å²) >= 11 is 0. The lowest BCUT2D eigenvalue weighted by Gasteiger charge is -2.35. The zero-order chi connectivity index (χ0) is 19.3. The summed E-state index contributed by atoms with van der Waals surface area (Å²) in [7, 11) is -5.69. The van der Waals surface area contributed by atoms with E-state index in [2.05, 4.69) is 5.32 Å². The Morgan fingerprint density at radius 1 is 1.04 bits per heavy atom. The molecule has 11 heteroatoms. The Kier molecular flexibility index (Phi) is 4.67. The predicted octanol–water partition coefficient (Wildman–Crippen LogP) is -0.385. The number of piperidine rings is 1. The molecule has 1 aromatic carbocycles. The number of hydrogen-bond acceptors (Lipinski definition) is 6. The molecule has 9 nitrogen and oxygen atoms in total. The molecule has 0 radical (unpaired) electrons. The summed E-state index contributed by atoms with van der Waals surface area (Å²) in [5.74, 6) is -1.16. The average Bonchev–Trinajstić information content (AvgIpc) is 2.87. The first kappa shape index (κ1) is 19.0. The third-order valence-electron chi connectivity index (χ3n) is 4.81. The van der Waals surface area contributed by atoms with Crippen molar-refractivity contribution in [2.45, 2.75) is 23.8 Å². The lowest BCUT2D eigenvalue weighted by Crippen LogP contribution is -2.46. The summed E-state index contributed by atoms with van der Waals surface area (Å²) in [6, 6.07) is 3.59. The quantitative estimate of drug-likeness (QED) is 0.686. The Morgan fingerprint density at radius 2 is 1.62 bits per heavy atom. The smallest absolute Gasteiger partial charge is 0.258 e. The van der Waals surface area contributed by atoms with Crippen molar-refractivity contribution in [3.05, 3.63) is 29.3 Å². The van der Waals surface area contributed by atoms with Gasteiger partial charge in [-0.3, -0.25) is 14.9 Å². The number of amides is 2. The van der Waals surface area contributed by atoms with E-state index in [0.717, 1.165) is 6.26 Å². The summed E-state index contributed by atoms with van der Waals surface area (Å²) in [6.45, 7) is 0.351. The van der Waals surface area contributed by atoms with Gasteiger partial charge in [-0.2, -0.15) is 4.31 Å². The van der Waals surface area contributed by atoms with Gasteiger partial charge in [0.1, 0.15) is 0 Å². The van der Waals surface area contributed by atoms with Crippen LogP contribution in [0, 0.1) is 0 Å². The monoisotopic (exact) mass is 401 g/mol. The SMILES string of the molecule is CN(C1CCN(S(=O)(=O)c2ccc3c(c2)C(=O)NC3=O)CC1)S(C)(=O)=O. The van der Waals surface area contributed by atoms with Crippen LogP contribution in [0.15, 0.2) is 23.1 Å². The molecule has 2 aliphatic heterocycles. The van der Waals surface area contributed by atoms with E-state index in [4.69, 9.17) is 0 Å². The second kappa shape index (κ2) is 6.41. The van der Waals surface area contributed by atoms with Gasteiger partial charge in [-0.25, -0.2) is 21.1 Å². The van der Waals surface area contributed by atoms with Crippen molar-refractivity contribution in [2.24, 2.45) is 0 Å². The molecule has 26 heavy (non-hydrogen) atoms. The number of fused-ring (bicyclic) bond motifs is 1. The molecule has 0 bridgehead atoms. The van der Waals surface area contributed by atoms with E-state index in [1.165, 1.54) is 33.9 Å². The third-order valence-corrected chi connectivity index (χ3v) is 8.04. The van der Waals surface area contributed by atoms with Gasteiger partial charge in [0.05, 0.1) is 22.3 Å². The Balaban J connectivity index is 1.80. The number of benzene rings is 1.